The number of nitrogens with zero attached hydrogens (tertiary/aromatic N) is 2. The molecular formula is C24H20N2O5S. The second-order valence-corrected chi connectivity index (χ2v) is 8.51. The van der Waals surface area contributed by atoms with Gasteiger partial charge in [-0.1, -0.05) is 48.5 Å². The third kappa shape index (κ3) is 4.22. The number of ether oxygens (including phenoxy) is 1. The molecule has 0 aromatic heterocycles. The fourth-order valence-corrected chi connectivity index (χ4v) is 4.36. The minimum absolute atomic E-state index is 0.0722. The molecule has 0 unspecified atom stereocenters. The lowest BCUT2D eigenvalue weighted by molar-refractivity contribution is -0.385. The Balaban J connectivity index is 1.72. The lowest BCUT2D eigenvalue weighted by Crippen LogP contribution is -2.27. The van der Waals surface area contributed by atoms with Crippen molar-refractivity contribution in [3.63, 3.8) is 0 Å². The minimum Gasteiger partial charge on any atom is -0.490 e. The normalized spacial score (nSPS) is 15.2. The van der Waals surface area contributed by atoms with E-state index >= 15 is 0 Å². The highest BCUT2D eigenvalue weighted by molar-refractivity contribution is 8.18. The summed E-state index contributed by atoms with van der Waals surface area (Å²) < 4.78 is 5.95. The van der Waals surface area contributed by atoms with Gasteiger partial charge in [0, 0.05) is 17.2 Å². The summed E-state index contributed by atoms with van der Waals surface area (Å²) in [5, 5.41) is 12.7. The Labute approximate surface area is 188 Å². The molecule has 1 aliphatic rings. The first-order chi connectivity index (χ1) is 15.3. The number of thioether (sulfide) groups is 1. The molecule has 0 N–H and O–H groups in total. The third-order valence-corrected chi connectivity index (χ3v) is 5.87. The molecule has 1 aliphatic heterocycles. The van der Waals surface area contributed by atoms with Crippen LogP contribution in [0.4, 0.5) is 10.5 Å². The van der Waals surface area contributed by atoms with Crippen molar-refractivity contribution >= 4 is 45.4 Å². The van der Waals surface area contributed by atoms with Gasteiger partial charge in [-0.3, -0.25) is 24.6 Å². The standard InChI is InChI=1S/C24H20N2O5S/c1-15(2)31-21-12-11-16-7-3-5-9-18(16)19(21)13-22-23(27)25(24(28)32-22)14-17-8-4-6-10-20(17)26(29)30/h3-13,15H,14H2,1-2H3/b22-13+. The fraction of sp³-hybridized carbons (Fsp3) is 0.167. The van der Waals surface area contributed by atoms with Crippen molar-refractivity contribution in [2.45, 2.75) is 26.5 Å². The van der Waals surface area contributed by atoms with E-state index in [0.29, 0.717) is 16.9 Å². The van der Waals surface area contributed by atoms with Gasteiger partial charge >= 0.3 is 0 Å². The van der Waals surface area contributed by atoms with Crippen molar-refractivity contribution in [1.82, 2.24) is 4.90 Å². The van der Waals surface area contributed by atoms with Gasteiger partial charge in [-0.15, -0.1) is 0 Å². The van der Waals surface area contributed by atoms with Crippen LogP contribution in [0.15, 0.2) is 65.6 Å². The number of hydrogen-bond acceptors (Lipinski definition) is 6. The van der Waals surface area contributed by atoms with Crippen LogP contribution < -0.4 is 4.74 Å². The average Bonchev–Trinajstić information content (AvgIpc) is 3.02. The maximum absolute atomic E-state index is 13.1. The molecule has 8 heteroatoms. The maximum Gasteiger partial charge on any atom is 0.293 e. The van der Waals surface area contributed by atoms with E-state index < -0.39 is 16.1 Å². The molecule has 0 saturated carbocycles. The molecule has 32 heavy (non-hydrogen) atoms. The summed E-state index contributed by atoms with van der Waals surface area (Å²) in [7, 11) is 0. The number of imide groups is 1. The summed E-state index contributed by atoms with van der Waals surface area (Å²) >= 11 is 0.819. The van der Waals surface area contributed by atoms with Crippen LogP contribution >= 0.6 is 11.8 Å². The van der Waals surface area contributed by atoms with Gasteiger partial charge in [-0.2, -0.15) is 0 Å². The highest BCUT2D eigenvalue weighted by Gasteiger charge is 2.36. The second-order valence-electron chi connectivity index (χ2n) is 7.52. The predicted octanol–water partition coefficient (Wildman–Crippen LogP) is 5.77. The molecule has 0 bridgehead atoms. The smallest absolute Gasteiger partial charge is 0.293 e. The Kier molecular flexibility index (Phi) is 5.96. The third-order valence-electron chi connectivity index (χ3n) is 4.96. The highest BCUT2D eigenvalue weighted by atomic mass is 32.2. The minimum atomic E-state index is -0.518. The van der Waals surface area contributed by atoms with Crippen molar-refractivity contribution in [1.29, 1.82) is 0 Å². The predicted molar refractivity (Wildman–Crippen MR) is 124 cm³/mol. The molecule has 3 aromatic carbocycles. The number of nitro benzene ring substituents is 1. The van der Waals surface area contributed by atoms with Crippen molar-refractivity contribution in [2.24, 2.45) is 0 Å². The van der Waals surface area contributed by atoms with Crippen molar-refractivity contribution in [3.8, 4) is 5.75 Å². The van der Waals surface area contributed by atoms with Gasteiger partial charge in [0.25, 0.3) is 16.8 Å². The number of amides is 2. The van der Waals surface area contributed by atoms with E-state index in [4.69, 9.17) is 4.74 Å². The van der Waals surface area contributed by atoms with Crippen LogP contribution in [0.25, 0.3) is 16.8 Å². The Hall–Kier alpha value is -3.65. The molecule has 1 fully saturated rings. The number of rotatable bonds is 6. The second kappa shape index (κ2) is 8.84. The largest absolute Gasteiger partial charge is 0.490 e. The number of benzene rings is 3. The van der Waals surface area contributed by atoms with E-state index in [0.717, 1.165) is 27.4 Å². The van der Waals surface area contributed by atoms with Gasteiger partial charge in [0.05, 0.1) is 22.5 Å². The number of carbonyl (C=O) groups excluding carboxylic acids is 2. The maximum atomic E-state index is 13.1. The summed E-state index contributed by atoms with van der Waals surface area (Å²) in [6.07, 6.45) is 1.60. The Bertz CT molecular complexity index is 1270. The average molecular weight is 449 g/mol. The molecular weight excluding hydrogens is 428 g/mol. The molecule has 1 saturated heterocycles. The van der Waals surface area contributed by atoms with Crippen LogP contribution in [0.2, 0.25) is 0 Å². The topological polar surface area (TPSA) is 89.8 Å². The molecule has 0 atom stereocenters. The summed E-state index contributed by atoms with van der Waals surface area (Å²) in [6, 6.07) is 17.6. The number of hydrogen-bond donors (Lipinski definition) is 0. The number of nitro groups is 1. The molecule has 3 aromatic rings. The zero-order chi connectivity index (χ0) is 22.8. The molecule has 7 nitrogen and oxygen atoms in total. The zero-order valence-electron chi connectivity index (χ0n) is 17.5. The molecule has 0 aliphatic carbocycles. The number of fused-ring (bicyclic) bond motifs is 1. The van der Waals surface area contributed by atoms with Crippen LogP contribution in [0.1, 0.15) is 25.0 Å². The monoisotopic (exact) mass is 448 g/mol. The molecule has 162 valence electrons. The molecule has 2 amide bonds. The molecule has 0 radical (unpaired) electrons. The van der Waals surface area contributed by atoms with Crippen molar-refractivity contribution < 1.29 is 19.2 Å². The van der Waals surface area contributed by atoms with Crippen LogP contribution in [-0.2, 0) is 11.3 Å². The van der Waals surface area contributed by atoms with Gasteiger partial charge in [0.2, 0.25) is 0 Å². The first-order valence-electron chi connectivity index (χ1n) is 10.0. The quantitative estimate of drug-likeness (QED) is 0.270. The van der Waals surface area contributed by atoms with Crippen LogP contribution in [0.5, 0.6) is 5.75 Å². The van der Waals surface area contributed by atoms with E-state index in [1.165, 1.54) is 6.07 Å². The Morgan fingerprint density at radius 3 is 2.53 bits per heavy atom. The van der Waals surface area contributed by atoms with E-state index in [1.807, 2.05) is 50.2 Å². The summed E-state index contributed by atoms with van der Waals surface area (Å²) in [5.41, 5.74) is 0.889. The van der Waals surface area contributed by atoms with E-state index in [2.05, 4.69) is 0 Å². The lowest BCUT2D eigenvalue weighted by atomic mass is 10.0. The van der Waals surface area contributed by atoms with E-state index in [-0.39, 0.29) is 23.2 Å². The Morgan fingerprint density at radius 1 is 1.06 bits per heavy atom. The summed E-state index contributed by atoms with van der Waals surface area (Å²) in [4.78, 5) is 37.8. The van der Waals surface area contributed by atoms with Crippen molar-refractivity contribution in [3.05, 3.63) is 86.8 Å². The van der Waals surface area contributed by atoms with Gasteiger partial charge in [-0.25, -0.2) is 0 Å². The Morgan fingerprint density at radius 2 is 1.78 bits per heavy atom. The van der Waals surface area contributed by atoms with Gasteiger partial charge < -0.3 is 4.74 Å². The zero-order valence-corrected chi connectivity index (χ0v) is 18.3. The summed E-state index contributed by atoms with van der Waals surface area (Å²) in [5.74, 6) is 0.130. The highest BCUT2D eigenvalue weighted by Crippen LogP contribution is 2.38. The van der Waals surface area contributed by atoms with Crippen molar-refractivity contribution in [2.75, 3.05) is 0 Å². The van der Waals surface area contributed by atoms with Crippen LogP contribution in [-0.4, -0.2) is 27.1 Å². The van der Waals surface area contributed by atoms with E-state index in [1.54, 1.807) is 24.3 Å². The molecule has 0 spiro atoms. The number of para-hydroxylation sites is 1. The van der Waals surface area contributed by atoms with Crippen LogP contribution in [0, 0.1) is 10.1 Å². The van der Waals surface area contributed by atoms with Gasteiger partial charge in [-0.05, 0) is 48.5 Å². The van der Waals surface area contributed by atoms with Crippen LogP contribution in [0.3, 0.4) is 0 Å². The van der Waals surface area contributed by atoms with Gasteiger partial charge in [0.15, 0.2) is 0 Å². The van der Waals surface area contributed by atoms with Gasteiger partial charge in [0.1, 0.15) is 5.75 Å². The molecule has 1 heterocycles. The van der Waals surface area contributed by atoms with E-state index in [9.17, 15) is 19.7 Å². The SMILES string of the molecule is CC(C)Oc1ccc2ccccc2c1/C=C1/SC(=O)N(Cc2ccccc2[N+](=O)[O-])C1=O. The first kappa shape index (κ1) is 21.6. The first-order valence-corrected chi connectivity index (χ1v) is 10.8. The fourth-order valence-electron chi connectivity index (χ4n) is 3.54. The lowest BCUT2D eigenvalue weighted by Gasteiger charge is -2.15. The summed E-state index contributed by atoms with van der Waals surface area (Å²) in [6.45, 7) is 3.67. The molecule has 4 rings (SSSR count). The number of carbonyl (C=O) groups is 2.